The molecule has 0 N–H and O–H groups in total. The Kier molecular flexibility index (Phi) is 4.62. The van der Waals surface area contributed by atoms with Crippen molar-refractivity contribution in [3.8, 4) is 17.1 Å². The van der Waals surface area contributed by atoms with Gasteiger partial charge < -0.3 is 13.9 Å². The van der Waals surface area contributed by atoms with E-state index in [0.29, 0.717) is 28.5 Å². The number of furan rings is 1. The zero-order valence-corrected chi connectivity index (χ0v) is 12.8. The maximum atomic E-state index is 11.5. The molecule has 0 unspecified atom stereocenters. The van der Waals surface area contributed by atoms with Crippen LogP contribution in [0.3, 0.4) is 0 Å². The van der Waals surface area contributed by atoms with Crippen molar-refractivity contribution in [3.63, 3.8) is 0 Å². The number of methoxy groups -OCH3 is 2. The largest absolute Gasteiger partial charge is 0.496 e. The zero-order chi connectivity index (χ0) is 16.3. The first-order valence-electron chi connectivity index (χ1n) is 6.09. The maximum absolute atomic E-state index is 11.5. The number of pyridine rings is 1. The summed E-state index contributed by atoms with van der Waals surface area (Å²) in [4.78, 5) is 19.4. The van der Waals surface area contributed by atoms with E-state index in [2.05, 4.69) is 28.0 Å². The number of hydrogen-bond donors (Lipinski definition) is 0. The van der Waals surface area contributed by atoms with Crippen LogP contribution < -0.4 is 4.74 Å². The third-order valence-electron chi connectivity index (χ3n) is 2.88. The summed E-state index contributed by atoms with van der Waals surface area (Å²) in [7, 11) is 2.74. The maximum Gasteiger partial charge on any atom is 0.356 e. The average molecular weight is 321 g/mol. The number of ether oxygens (including phenoxy) is 2. The van der Waals surface area contributed by atoms with Crippen LogP contribution in [0, 0.1) is 0 Å². The van der Waals surface area contributed by atoms with Gasteiger partial charge in [0.25, 0.3) is 0 Å². The molecule has 0 aliphatic carbocycles. The van der Waals surface area contributed by atoms with Crippen LogP contribution in [0.1, 0.15) is 16.2 Å². The second kappa shape index (κ2) is 6.44. The highest BCUT2D eigenvalue weighted by Crippen LogP contribution is 2.39. The Hall–Kier alpha value is -2.60. The van der Waals surface area contributed by atoms with Gasteiger partial charge in [-0.15, -0.1) is 0 Å². The SMILES string of the molecule is C=Nc1cc(-c2cnc(C(=O)OC)cc2OC)oc1C(=C)Cl. The van der Waals surface area contributed by atoms with E-state index in [0.717, 1.165) is 0 Å². The third kappa shape index (κ3) is 2.87. The zero-order valence-electron chi connectivity index (χ0n) is 12.1. The summed E-state index contributed by atoms with van der Waals surface area (Å²) in [5.41, 5.74) is 1.11. The van der Waals surface area contributed by atoms with Gasteiger partial charge in [0.2, 0.25) is 0 Å². The number of rotatable bonds is 5. The van der Waals surface area contributed by atoms with Gasteiger partial charge in [0, 0.05) is 18.3 Å². The lowest BCUT2D eigenvalue weighted by molar-refractivity contribution is 0.0593. The van der Waals surface area contributed by atoms with Crippen LogP contribution in [-0.2, 0) is 4.74 Å². The van der Waals surface area contributed by atoms with E-state index < -0.39 is 5.97 Å². The van der Waals surface area contributed by atoms with E-state index in [4.69, 9.17) is 20.8 Å². The van der Waals surface area contributed by atoms with E-state index >= 15 is 0 Å². The van der Waals surface area contributed by atoms with Gasteiger partial charge in [0.05, 0.1) is 24.8 Å². The van der Waals surface area contributed by atoms with E-state index in [-0.39, 0.29) is 10.7 Å². The van der Waals surface area contributed by atoms with E-state index in [1.165, 1.54) is 26.5 Å². The van der Waals surface area contributed by atoms with Gasteiger partial charge in [-0.1, -0.05) is 18.2 Å². The molecule has 22 heavy (non-hydrogen) atoms. The highest BCUT2D eigenvalue weighted by molar-refractivity contribution is 6.48. The summed E-state index contributed by atoms with van der Waals surface area (Å²) < 4.78 is 15.5. The number of aliphatic imine (C=N–C) groups is 1. The Morgan fingerprint density at radius 3 is 2.64 bits per heavy atom. The number of nitrogens with zero attached hydrogens (tertiary/aromatic N) is 2. The lowest BCUT2D eigenvalue weighted by atomic mass is 10.2. The summed E-state index contributed by atoms with van der Waals surface area (Å²) in [6, 6.07) is 3.09. The summed E-state index contributed by atoms with van der Waals surface area (Å²) in [6.07, 6.45) is 1.44. The quantitative estimate of drug-likeness (QED) is 0.620. The molecule has 6 nitrogen and oxygen atoms in total. The molecule has 0 saturated carbocycles. The van der Waals surface area contributed by atoms with E-state index in [1.807, 2.05) is 0 Å². The average Bonchev–Trinajstić information content (AvgIpc) is 2.97. The normalized spacial score (nSPS) is 10.1. The van der Waals surface area contributed by atoms with E-state index in [9.17, 15) is 4.79 Å². The lowest BCUT2D eigenvalue weighted by Crippen LogP contribution is -2.04. The molecular formula is C15H13ClN2O4. The van der Waals surface area contributed by atoms with Crippen molar-refractivity contribution in [2.75, 3.05) is 14.2 Å². The van der Waals surface area contributed by atoms with Crippen LogP contribution in [-0.4, -0.2) is 31.9 Å². The summed E-state index contributed by atoms with van der Waals surface area (Å²) in [6.45, 7) is 7.06. The number of hydrogen-bond acceptors (Lipinski definition) is 6. The molecule has 2 heterocycles. The monoisotopic (exact) mass is 320 g/mol. The molecule has 0 atom stereocenters. The highest BCUT2D eigenvalue weighted by Gasteiger charge is 2.19. The molecule has 0 bridgehead atoms. The molecule has 2 aromatic heterocycles. The number of halogens is 1. The fourth-order valence-electron chi connectivity index (χ4n) is 1.83. The minimum atomic E-state index is -0.562. The summed E-state index contributed by atoms with van der Waals surface area (Å²) in [5.74, 6) is 0.560. The number of aromatic nitrogens is 1. The van der Waals surface area contributed by atoms with Crippen molar-refractivity contribution >= 4 is 35.0 Å². The number of esters is 1. The van der Waals surface area contributed by atoms with Gasteiger partial charge in [-0.25, -0.2) is 9.78 Å². The second-order valence-corrected chi connectivity index (χ2v) is 4.61. The minimum absolute atomic E-state index is 0.124. The fraction of sp³-hybridized carbons (Fsp3) is 0.133. The van der Waals surface area contributed by atoms with Gasteiger partial charge in [0.15, 0.2) is 11.5 Å². The first kappa shape index (κ1) is 15.8. The van der Waals surface area contributed by atoms with Crippen LogP contribution in [0.5, 0.6) is 5.75 Å². The minimum Gasteiger partial charge on any atom is -0.496 e. The summed E-state index contributed by atoms with van der Waals surface area (Å²) in [5, 5.41) is 0.201. The van der Waals surface area contributed by atoms with Gasteiger partial charge in [0.1, 0.15) is 17.2 Å². The van der Waals surface area contributed by atoms with Crippen LogP contribution in [0.2, 0.25) is 0 Å². The second-order valence-electron chi connectivity index (χ2n) is 4.15. The van der Waals surface area contributed by atoms with Crippen molar-refractivity contribution in [1.82, 2.24) is 4.98 Å². The highest BCUT2D eigenvalue weighted by atomic mass is 35.5. The first-order chi connectivity index (χ1) is 10.5. The first-order valence-corrected chi connectivity index (χ1v) is 6.47. The standard InChI is InChI=1S/C15H13ClN2O4/c1-8(16)14-10(17-2)5-13(22-14)9-7-18-11(15(19)21-4)6-12(9)20-3/h5-7H,1-2H2,3-4H3. The third-order valence-corrected chi connectivity index (χ3v) is 3.05. The van der Waals surface area contributed by atoms with Crippen molar-refractivity contribution in [1.29, 1.82) is 0 Å². The molecule has 2 rings (SSSR count). The van der Waals surface area contributed by atoms with Crippen LogP contribution in [0.25, 0.3) is 16.4 Å². The fourth-order valence-corrected chi connectivity index (χ4v) is 1.97. The molecule has 0 aliphatic rings. The lowest BCUT2D eigenvalue weighted by Gasteiger charge is -2.07. The molecule has 114 valence electrons. The molecule has 0 amide bonds. The molecule has 0 aromatic carbocycles. The van der Waals surface area contributed by atoms with Gasteiger partial charge >= 0.3 is 5.97 Å². The Labute approximate surface area is 132 Å². The van der Waals surface area contributed by atoms with Crippen molar-refractivity contribution in [2.24, 2.45) is 4.99 Å². The Balaban J connectivity index is 2.55. The van der Waals surface area contributed by atoms with Crippen LogP contribution in [0.15, 0.2) is 34.3 Å². The van der Waals surface area contributed by atoms with Gasteiger partial charge in [-0.05, 0) is 6.72 Å². The van der Waals surface area contributed by atoms with E-state index in [1.54, 1.807) is 6.07 Å². The topological polar surface area (TPSA) is 73.9 Å². The molecule has 0 aliphatic heterocycles. The van der Waals surface area contributed by atoms with Crippen LogP contribution >= 0.6 is 11.6 Å². The Morgan fingerprint density at radius 2 is 2.14 bits per heavy atom. The molecule has 0 fully saturated rings. The number of carbonyl (C=O) groups excluding carboxylic acids is 1. The summed E-state index contributed by atoms with van der Waals surface area (Å²) >= 11 is 5.86. The van der Waals surface area contributed by atoms with Crippen molar-refractivity contribution < 1.29 is 18.7 Å². The Bertz CT molecular complexity index is 752. The van der Waals surface area contributed by atoms with Gasteiger partial charge in [-0.3, -0.25) is 4.99 Å². The van der Waals surface area contributed by atoms with Crippen molar-refractivity contribution in [3.05, 3.63) is 36.4 Å². The molecular weight excluding hydrogens is 308 g/mol. The van der Waals surface area contributed by atoms with Crippen LogP contribution in [0.4, 0.5) is 5.69 Å². The van der Waals surface area contributed by atoms with Gasteiger partial charge in [-0.2, -0.15) is 0 Å². The predicted octanol–water partition coefficient (Wildman–Crippen LogP) is 3.68. The smallest absolute Gasteiger partial charge is 0.356 e. The Morgan fingerprint density at radius 1 is 1.41 bits per heavy atom. The van der Waals surface area contributed by atoms with Crippen molar-refractivity contribution in [2.45, 2.75) is 0 Å². The molecule has 0 saturated heterocycles. The predicted molar refractivity (Wildman–Crippen MR) is 83.9 cm³/mol. The molecule has 2 aromatic rings. The molecule has 0 radical (unpaired) electrons. The molecule has 7 heteroatoms. The molecule has 0 spiro atoms. The number of carbonyl (C=O) groups is 1.